The highest BCUT2D eigenvalue weighted by Gasteiger charge is 2.10. The molecular weight excluding hydrogens is 216 g/mol. The Bertz CT molecular complexity index is 551. The molecule has 0 aliphatic carbocycles. The Hall–Kier alpha value is -1.82. The van der Waals surface area contributed by atoms with Gasteiger partial charge < -0.3 is 0 Å². The highest BCUT2D eigenvalue weighted by atomic mass is 14.1. The molecule has 2 aromatic rings. The van der Waals surface area contributed by atoms with Crippen molar-refractivity contribution in [3.63, 3.8) is 0 Å². The highest BCUT2D eigenvalue weighted by molar-refractivity contribution is 5.83. The van der Waals surface area contributed by atoms with E-state index in [0.717, 1.165) is 0 Å². The molecule has 0 N–H and O–H groups in total. The van der Waals surface area contributed by atoms with Gasteiger partial charge in [-0.05, 0) is 55.5 Å². The first-order valence-electron chi connectivity index (χ1n) is 6.26. The van der Waals surface area contributed by atoms with Crippen LogP contribution in [0.1, 0.15) is 27.8 Å². The molecule has 0 saturated carbocycles. The van der Waals surface area contributed by atoms with E-state index in [9.17, 15) is 0 Å². The van der Waals surface area contributed by atoms with Crippen LogP contribution in [-0.4, -0.2) is 0 Å². The van der Waals surface area contributed by atoms with Gasteiger partial charge in [-0.25, -0.2) is 0 Å². The normalized spacial score (nSPS) is 11.7. The summed E-state index contributed by atoms with van der Waals surface area (Å²) in [6, 6.07) is 14.9. The lowest BCUT2D eigenvalue weighted by atomic mass is 9.89. The summed E-state index contributed by atoms with van der Waals surface area (Å²) in [6.07, 6.45) is 1.96. The molecule has 0 atom stereocenters. The van der Waals surface area contributed by atoms with Crippen LogP contribution in [0.25, 0.3) is 5.57 Å². The zero-order chi connectivity index (χ0) is 13.1. The topological polar surface area (TPSA) is 0 Å². The van der Waals surface area contributed by atoms with E-state index >= 15 is 0 Å². The Morgan fingerprint density at radius 1 is 0.944 bits per heavy atom. The van der Waals surface area contributed by atoms with E-state index in [1.165, 1.54) is 33.4 Å². The molecule has 0 fully saturated rings. The van der Waals surface area contributed by atoms with Crippen molar-refractivity contribution in [2.45, 2.75) is 20.8 Å². The Balaban J connectivity index is 2.61. The molecule has 91 valence electrons. The fraction of sp³-hybridized carbons (Fsp3) is 0.167. The van der Waals surface area contributed by atoms with Crippen LogP contribution in [-0.2, 0) is 0 Å². The van der Waals surface area contributed by atoms with Crippen molar-refractivity contribution in [3.05, 3.63) is 83.3 Å². The van der Waals surface area contributed by atoms with E-state index in [1.54, 1.807) is 0 Å². The predicted octanol–water partition coefficient (Wildman–Crippen LogP) is 4.88. The molecular formula is C18H19. The zero-order valence-electron chi connectivity index (χ0n) is 11.3. The average molecular weight is 235 g/mol. The monoisotopic (exact) mass is 235 g/mol. The molecule has 0 nitrogen and oxygen atoms in total. The van der Waals surface area contributed by atoms with E-state index in [0.29, 0.717) is 0 Å². The fourth-order valence-electron chi connectivity index (χ4n) is 2.59. The van der Waals surface area contributed by atoms with Crippen LogP contribution >= 0.6 is 0 Å². The summed E-state index contributed by atoms with van der Waals surface area (Å²) in [4.78, 5) is 0. The van der Waals surface area contributed by atoms with Crippen molar-refractivity contribution in [3.8, 4) is 0 Å². The average Bonchev–Trinajstić information content (AvgIpc) is 2.34. The lowest BCUT2D eigenvalue weighted by Crippen LogP contribution is -1.96. The second-order valence-corrected chi connectivity index (χ2v) is 4.76. The van der Waals surface area contributed by atoms with Gasteiger partial charge in [-0.3, -0.25) is 0 Å². The molecule has 0 aliphatic heterocycles. The number of rotatable bonds is 2. The molecule has 0 bridgehead atoms. The number of benzene rings is 2. The first kappa shape index (κ1) is 12.6. The van der Waals surface area contributed by atoms with Crippen molar-refractivity contribution in [2.75, 3.05) is 0 Å². The van der Waals surface area contributed by atoms with Gasteiger partial charge in [0.05, 0.1) is 0 Å². The van der Waals surface area contributed by atoms with Gasteiger partial charge in [0.1, 0.15) is 0 Å². The highest BCUT2D eigenvalue weighted by Crippen LogP contribution is 2.29. The van der Waals surface area contributed by atoms with E-state index < -0.39 is 0 Å². The summed E-state index contributed by atoms with van der Waals surface area (Å²) in [5.41, 5.74) is 7.68. The van der Waals surface area contributed by atoms with Crippen molar-refractivity contribution in [1.29, 1.82) is 0 Å². The molecule has 0 unspecified atom stereocenters. The fourth-order valence-corrected chi connectivity index (χ4v) is 2.59. The van der Waals surface area contributed by atoms with Crippen molar-refractivity contribution >= 4 is 5.57 Å². The van der Waals surface area contributed by atoms with Crippen LogP contribution in [0.3, 0.4) is 0 Å². The van der Waals surface area contributed by atoms with Gasteiger partial charge >= 0.3 is 0 Å². The van der Waals surface area contributed by atoms with Crippen molar-refractivity contribution in [2.24, 2.45) is 0 Å². The lowest BCUT2D eigenvalue weighted by Gasteiger charge is -2.15. The second kappa shape index (κ2) is 5.22. The first-order chi connectivity index (χ1) is 8.63. The number of hydrogen-bond donors (Lipinski definition) is 0. The maximum absolute atomic E-state index is 3.98. The van der Waals surface area contributed by atoms with E-state index in [2.05, 4.69) is 64.1 Å². The summed E-state index contributed by atoms with van der Waals surface area (Å²) in [6.45, 7) is 10.5. The molecule has 1 radical (unpaired) electrons. The summed E-state index contributed by atoms with van der Waals surface area (Å²) in [5.74, 6) is 0. The van der Waals surface area contributed by atoms with Gasteiger partial charge in [0.2, 0.25) is 0 Å². The maximum atomic E-state index is 3.98. The van der Waals surface area contributed by atoms with Gasteiger partial charge in [0.25, 0.3) is 0 Å². The molecule has 0 heteroatoms. The van der Waals surface area contributed by atoms with E-state index in [-0.39, 0.29) is 0 Å². The van der Waals surface area contributed by atoms with Gasteiger partial charge in [0.15, 0.2) is 0 Å². The zero-order valence-corrected chi connectivity index (χ0v) is 11.3. The summed E-state index contributed by atoms with van der Waals surface area (Å²) >= 11 is 0. The third kappa shape index (κ3) is 2.38. The van der Waals surface area contributed by atoms with Crippen LogP contribution in [0.15, 0.2) is 48.5 Å². The minimum atomic E-state index is 1.21. The second-order valence-electron chi connectivity index (χ2n) is 4.76. The van der Waals surface area contributed by atoms with Crippen LogP contribution in [0.2, 0.25) is 0 Å². The molecule has 18 heavy (non-hydrogen) atoms. The van der Waals surface area contributed by atoms with Crippen LogP contribution in [0.4, 0.5) is 0 Å². The third-order valence-corrected chi connectivity index (χ3v) is 3.24. The molecule has 0 aliphatic rings. The maximum Gasteiger partial charge on any atom is -0.0122 e. The summed E-state index contributed by atoms with van der Waals surface area (Å²) < 4.78 is 0. The minimum absolute atomic E-state index is 1.21. The molecule has 0 spiro atoms. The van der Waals surface area contributed by atoms with E-state index in [4.69, 9.17) is 0 Å². The summed E-state index contributed by atoms with van der Waals surface area (Å²) in [5, 5.41) is 0. The molecule has 2 aromatic carbocycles. The first-order valence-corrected chi connectivity index (χ1v) is 6.26. The Kier molecular flexibility index (Phi) is 3.66. The number of allylic oxidation sites excluding steroid dienone is 1. The molecule has 0 saturated heterocycles. The Morgan fingerprint density at radius 3 is 2.00 bits per heavy atom. The standard InChI is InChI=1S/C18H19/c1-5-17(16-9-7-6-8-10-16)18-14(3)11-13(2)12-15(18)4/h5-12H,1H2,2-4H3. The quantitative estimate of drug-likeness (QED) is 0.696. The Labute approximate surface area is 110 Å². The van der Waals surface area contributed by atoms with Gasteiger partial charge in [-0.15, -0.1) is 0 Å². The lowest BCUT2D eigenvalue weighted by molar-refractivity contribution is 1.29. The predicted molar refractivity (Wildman–Crippen MR) is 79.5 cm³/mol. The number of hydrogen-bond acceptors (Lipinski definition) is 0. The van der Waals surface area contributed by atoms with Gasteiger partial charge in [0, 0.05) is 0 Å². The van der Waals surface area contributed by atoms with E-state index in [1.807, 2.05) is 12.1 Å². The summed E-state index contributed by atoms with van der Waals surface area (Å²) in [7, 11) is 0. The van der Waals surface area contributed by atoms with Crippen molar-refractivity contribution < 1.29 is 0 Å². The van der Waals surface area contributed by atoms with Crippen LogP contribution in [0.5, 0.6) is 0 Å². The largest absolute Gasteiger partial charge is 0.0757 e. The van der Waals surface area contributed by atoms with Gasteiger partial charge in [-0.1, -0.05) is 54.1 Å². The van der Waals surface area contributed by atoms with Gasteiger partial charge in [-0.2, -0.15) is 0 Å². The SMILES string of the molecule is [CH2]C=C(c1ccccc1)c1c(C)cc(C)cc1C. The smallest absolute Gasteiger partial charge is 0.0122 e. The van der Waals surface area contributed by atoms with Crippen molar-refractivity contribution in [1.82, 2.24) is 0 Å². The minimum Gasteiger partial charge on any atom is -0.0757 e. The molecule has 0 heterocycles. The Morgan fingerprint density at radius 2 is 1.50 bits per heavy atom. The molecule has 0 amide bonds. The molecule has 0 aromatic heterocycles. The number of aryl methyl sites for hydroxylation is 3. The molecule has 2 rings (SSSR count). The third-order valence-electron chi connectivity index (χ3n) is 3.24. The van der Waals surface area contributed by atoms with Crippen LogP contribution in [0, 0.1) is 27.7 Å². The van der Waals surface area contributed by atoms with Crippen LogP contribution < -0.4 is 0 Å².